The molecule has 7 heteroatoms. The van der Waals surface area contributed by atoms with Gasteiger partial charge in [-0.1, -0.05) is 42.3 Å². The van der Waals surface area contributed by atoms with Crippen molar-refractivity contribution in [3.05, 3.63) is 52.9 Å². The molecule has 26 heavy (non-hydrogen) atoms. The maximum absolute atomic E-state index is 12.9. The van der Waals surface area contributed by atoms with Gasteiger partial charge >= 0.3 is 0 Å². The molecule has 2 heterocycles. The SMILES string of the molecule is Cc1ccc(CNC(=O)CC2CCCCN2S(=O)(=O)c2cccs2)cc1. The lowest BCUT2D eigenvalue weighted by molar-refractivity contribution is -0.122. The average Bonchev–Trinajstić information content (AvgIpc) is 3.17. The van der Waals surface area contributed by atoms with Crippen molar-refractivity contribution in [1.29, 1.82) is 0 Å². The zero-order chi connectivity index (χ0) is 18.6. The Kier molecular flexibility index (Phi) is 6.11. The summed E-state index contributed by atoms with van der Waals surface area (Å²) in [6.45, 7) is 2.97. The number of sulfonamides is 1. The molecule has 1 aromatic heterocycles. The second-order valence-electron chi connectivity index (χ2n) is 6.66. The van der Waals surface area contributed by atoms with E-state index in [1.165, 1.54) is 21.2 Å². The van der Waals surface area contributed by atoms with Crippen LogP contribution in [0.2, 0.25) is 0 Å². The first-order chi connectivity index (χ1) is 12.5. The number of hydrogen-bond acceptors (Lipinski definition) is 4. The number of amides is 1. The summed E-state index contributed by atoms with van der Waals surface area (Å²) >= 11 is 1.22. The van der Waals surface area contributed by atoms with E-state index in [0.29, 0.717) is 17.3 Å². The molecule has 1 aromatic carbocycles. The highest BCUT2D eigenvalue weighted by atomic mass is 32.2. The van der Waals surface area contributed by atoms with Gasteiger partial charge in [-0.3, -0.25) is 4.79 Å². The standard InChI is InChI=1S/C19H24N2O3S2/c1-15-7-9-16(10-8-15)14-20-18(22)13-17-5-2-3-11-21(17)26(23,24)19-6-4-12-25-19/h4,6-10,12,17H,2-3,5,11,13-14H2,1H3,(H,20,22). The third kappa shape index (κ3) is 4.52. The predicted octanol–water partition coefficient (Wildman–Crippen LogP) is 3.31. The van der Waals surface area contributed by atoms with Gasteiger partial charge in [-0.25, -0.2) is 8.42 Å². The van der Waals surface area contributed by atoms with Gasteiger partial charge in [0, 0.05) is 25.6 Å². The molecule has 3 rings (SSSR count). The minimum atomic E-state index is -3.51. The van der Waals surface area contributed by atoms with Gasteiger partial charge in [0.1, 0.15) is 4.21 Å². The van der Waals surface area contributed by atoms with Crippen LogP contribution in [0.25, 0.3) is 0 Å². The van der Waals surface area contributed by atoms with Crippen LogP contribution in [0.3, 0.4) is 0 Å². The monoisotopic (exact) mass is 392 g/mol. The molecule has 1 amide bonds. The van der Waals surface area contributed by atoms with Crippen LogP contribution < -0.4 is 5.32 Å². The molecule has 1 saturated heterocycles. The number of hydrogen-bond donors (Lipinski definition) is 1. The smallest absolute Gasteiger partial charge is 0.252 e. The summed E-state index contributed by atoms with van der Waals surface area (Å²) in [5.41, 5.74) is 2.22. The number of carbonyl (C=O) groups is 1. The van der Waals surface area contributed by atoms with Crippen molar-refractivity contribution >= 4 is 27.3 Å². The van der Waals surface area contributed by atoms with Crippen molar-refractivity contribution in [3.8, 4) is 0 Å². The van der Waals surface area contributed by atoms with Gasteiger partial charge in [-0.05, 0) is 36.8 Å². The summed E-state index contributed by atoms with van der Waals surface area (Å²) < 4.78 is 27.6. The second-order valence-corrected chi connectivity index (χ2v) is 9.73. The number of piperidine rings is 1. The van der Waals surface area contributed by atoms with E-state index in [1.807, 2.05) is 31.2 Å². The maximum Gasteiger partial charge on any atom is 0.252 e. The van der Waals surface area contributed by atoms with Gasteiger partial charge in [0.15, 0.2) is 0 Å². The Balaban J connectivity index is 1.63. The molecule has 1 fully saturated rings. The van der Waals surface area contributed by atoms with E-state index in [0.717, 1.165) is 24.8 Å². The van der Waals surface area contributed by atoms with E-state index >= 15 is 0 Å². The van der Waals surface area contributed by atoms with Crippen molar-refractivity contribution in [2.75, 3.05) is 6.54 Å². The normalized spacial score (nSPS) is 18.6. The summed E-state index contributed by atoms with van der Waals surface area (Å²) in [4.78, 5) is 12.4. The number of thiophene rings is 1. The number of benzene rings is 1. The average molecular weight is 393 g/mol. The molecule has 0 spiro atoms. The summed E-state index contributed by atoms with van der Waals surface area (Å²) in [5, 5.41) is 4.68. The van der Waals surface area contributed by atoms with Crippen LogP contribution in [0.5, 0.6) is 0 Å². The third-order valence-corrected chi connectivity index (χ3v) is 7.99. The van der Waals surface area contributed by atoms with Crippen LogP contribution in [0, 0.1) is 6.92 Å². The molecule has 0 bridgehead atoms. The molecule has 140 valence electrons. The van der Waals surface area contributed by atoms with Crippen molar-refractivity contribution < 1.29 is 13.2 Å². The molecule has 1 atom stereocenters. The molecule has 5 nitrogen and oxygen atoms in total. The summed E-state index contributed by atoms with van der Waals surface area (Å²) in [7, 11) is -3.51. The lowest BCUT2D eigenvalue weighted by Gasteiger charge is -2.34. The highest BCUT2D eigenvalue weighted by Gasteiger charge is 2.35. The number of nitrogens with zero attached hydrogens (tertiary/aromatic N) is 1. The fourth-order valence-electron chi connectivity index (χ4n) is 3.21. The molecule has 1 unspecified atom stereocenters. The van der Waals surface area contributed by atoms with Gasteiger partial charge in [0.05, 0.1) is 0 Å². The predicted molar refractivity (Wildman–Crippen MR) is 103 cm³/mol. The first kappa shape index (κ1) is 19.1. The van der Waals surface area contributed by atoms with Crippen LogP contribution in [0.15, 0.2) is 46.0 Å². The molecule has 1 aliphatic heterocycles. The van der Waals surface area contributed by atoms with Crippen molar-refractivity contribution in [2.45, 2.75) is 49.4 Å². The lowest BCUT2D eigenvalue weighted by Crippen LogP contribution is -2.45. The van der Waals surface area contributed by atoms with E-state index < -0.39 is 10.0 Å². The van der Waals surface area contributed by atoms with Crippen LogP contribution in [-0.2, 0) is 21.4 Å². The number of rotatable bonds is 6. The molecular weight excluding hydrogens is 368 g/mol. The van der Waals surface area contributed by atoms with Crippen LogP contribution in [0.4, 0.5) is 0 Å². The molecule has 1 N–H and O–H groups in total. The number of nitrogens with one attached hydrogen (secondary N) is 1. The second kappa shape index (κ2) is 8.33. The number of aryl methyl sites for hydroxylation is 1. The summed E-state index contributed by atoms with van der Waals surface area (Å²) in [5.74, 6) is -0.108. The van der Waals surface area contributed by atoms with E-state index in [9.17, 15) is 13.2 Å². The first-order valence-electron chi connectivity index (χ1n) is 8.84. The quantitative estimate of drug-likeness (QED) is 0.820. The third-order valence-electron chi connectivity index (χ3n) is 4.66. The molecular formula is C19H24N2O3S2. The van der Waals surface area contributed by atoms with Gasteiger partial charge in [-0.2, -0.15) is 4.31 Å². The Morgan fingerprint density at radius 1 is 1.23 bits per heavy atom. The zero-order valence-electron chi connectivity index (χ0n) is 14.8. The van der Waals surface area contributed by atoms with Crippen LogP contribution in [0.1, 0.15) is 36.8 Å². The van der Waals surface area contributed by atoms with Crippen LogP contribution in [-0.4, -0.2) is 31.2 Å². The molecule has 2 aromatic rings. The number of carbonyl (C=O) groups excluding carboxylic acids is 1. The van der Waals surface area contributed by atoms with Gasteiger partial charge in [0.2, 0.25) is 5.91 Å². The fourth-order valence-corrected chi connectivity index (χ4v) is 6.03. The minimum absolute atomic E-state index is 0.108. The molecule has 0 radical (unpaired) electrons. The first-order valence-corrected chi connectivity index (χ1v) is 11.2. The fraction of sp³-hybridized carbons (Fsp3) is 0.421. The Morgan fingerprint density at radius 2 is 2.00 bits per heavy atom. The van der Waals surface area contributed by atoms with E-state index in [1.54, 1.807) is 17.5 Å². The van der Waals surface area contributed by atoms with Crippen molar-refractivity contribution in [2.24, 2.45) is 0 Å². The highest BCUT2D eigenvalue weighted by molar-refractivity contribution is 7.91. The van der Waals surface area contributed by atoms with Crippen LogP contribution >= 0.6 is 11.3 Å². The van der Waals surface area contributed by atoms with Gasteiger partial charge in [-0.15, -0.1) is 11.3 Å². The lowest BCUT2D eigenvalue weighted by atomic mass is 10.0. The largest absolute Gasteiger partial charge is 0.352 e. The minimum Gasteiger partial charge on any atom is -0.352 e. The van der Waals surface area contributed by atoms with Gasteiger partial charge in [0.25, 0.3) is 10.0 Å². The van der Waals surface area contributed by atoms with E-state index in [4.69, 9.17) is 0 Å². The topological polar surface area (TPSA) is 66.5 Å². The Morgan fingerprint density at radius 3 is 2.69 bits per heavy atom. The highest BCUT2D eigenvalue weighted by Crippen LogP contribution is 2.29. The zero-order valence-corrected chi connectivity index (χ0v) is 16.5. The Labute approximate surface area is 159 Å². The molecule has 0 saturated carbocycles. The molecule has 0 aliphatic carbocycles. The van der Waals surface area contributed by atoms with Gasteiger partial charge < -0.3 is 5.32 Å². The molecule has 1 aliphatic rings. The van der Waals surface area contributed by atoms with E-state index in [-0.39, 0.29) is 18.4 Å². The summed E-state index contributed by atoms with van der Waals surface area (Å²) in [6, 6.07) is 11.1. The Hall–Kier alpha value is -1.70. The van der Waals surface area contributed by atoms with Crippen molar-refractivity contribution in [1.82, 2.24) is 9.62 Å². The summed E-state index contributed by atoms with van der Waals surface area (Å²) in [6.07, 6.45) is 2.72. The maximum atomic E-state index is 12.9. The van der Waals surface area contributed by atoms with E-state index in [2.05, 4.69) is 5.32 Å². The van der Waals surface area contributed by atoms with Crippen molar-refractivity contribution in [3.63, 3.8) is 0 Å². The Bertz CT molecular complexity index is 830.